The minimum absolute atomic E-state index is 0.0227. The molecular formula is C19H31NO3. The first-order chi connectivity index (χ1) is 10.5. The maximum Gasteiger partial charge on any atom is 0.224 e. The van der Waals surface area contributed by atoms with Gasteiger partial charge in [0.25, 0.3) is 0 Å². The number of benzene rings is 1. The van der Waals surface area contributed by atoms with Gasteiger partial charge in [-0.25, -0.2) is 0 Å². The summed E-state index contributed by atoms with van der Waals surface area (Å²) in [4.78, 5) is 12.4. The van der Waals surface area contributed by atoms with E-state index in [2.05, 4.69) is 39.9 Å². The zero-order valence-electron chi connectivity index (χ0n) is 15.8. The summed E-state index contributed by atoms with van der Waals surface area (Å²) in [5.41, 5.74) is 1.90. The molecule has 0 saturated carbocycles. The van der Waals surface area contributed by atoms with E-state index in [0.29, 0.717) is 17.9 Å². The van der Waals surface area contributed by atoms with Crippen LogP contribution in [0.1, 0.15) is 52.2 Å². The number of ether oxygens (including phenoxy) is 2. The topological polar surface area (TPSA) is 47.6 Å². The molecule has 0 saturated heterocycles. The molecule has 0 aliphatic rings. The number of hydrogen-bond acceptors (Lipinski definition) is 3. The highest BCUT2D eigenvalue weighted by molar-refractivity contribution is 5.80. The van der Waals surface area contributed by atoms with Crippen molar-refractivity contribution in [3.63, 3.8) is 0 Å². The molecule has 1 aromatic rings. The third-order valence-corrected chi connectivity index (χ3v) is 3.64. The average Bonchev–Trinajstić information content (AvgIpc) is 2.36. The Morgan fingerprint density at radius 3 is 2.04 bits per heavy atom. The Bertz CT molecular complexity index is 556. The maximum absolute atomic E-state index is 12.4. The van der Waals surface area contributed by atoms with Gasteiger partial charge in [0.2, 0.25) is 5.91 Å². The van der Waals surface area contributed by atoms with E-state index in [-0.39, 0.29) is 16.9 Å². The van der Waals surface area contributed by atoms with E-state index in [1.54, 1.807) is 14.2 Å². The Morgan fingerprint density at radius 2 is 1.57 bits per heavy atom. The molecule has 1 amide bonds. The Labute approximate surface area is 140 Å². The fourth-order valence-corrected chi connectivity index (χ4v) is 3.18. The second-order valence-corrected chi connectivity index (χ2v) is 7.98. The van der Waals surface area contributed by atoms with Crippen LogP contribution in [0.5, 0.6) is 11.5 Å². The molecule has 0 bridgehead atoms. The molecule has 0 unspecified atom stereocenters. The van der Waals surface area contributed by atoms with Crippen molar-refractivity contribution in [3.05, 3.63) is 23.3 Å². The molecule has 0 atom stereocenters. The highest BCUT2D eigenvalue weighted by Crippen LogP contribution is 2.31. The molecule has 0 aliphatic heterocycles. The molecule has 0 fully saturated rings. The van der Waals surface area contributed by atoms with Gasteiger partial charge in [0, 0.05) is 5.54 Å². The monoisotopic (exact) mass is 321 g/mol. The normalized spacial score (nSPS) is 12.0. The number of nitrogens with one attached hydrogen (secondary N) is 1. The molecule has 130 valence electrons. The van der Waals surface area contributed by atoms with Crippen LogP contribution in [0.2, 0.25) is 0 Å². The van der Waals surface area contributed by atoms with Crippen LogP contribution >= 0.6 is 0 Å². The Morgan fingerprint density at radius 1 is 1.04 bits per heavy atom. The van der Waals surface area contributed by atoms with E-state index in [1.807, 2.05) is 19.1 Å². The lowest BCUT2D eigenvalue weighted by Gasteiger charge is -2.33. The third kappa shape index (κ3) is 6.12. The Hall–Kier alpha value is -1.71. The summed E-state index contributed by atoms with van der Waals surface area (Å²) in [5.74, 6) is 1.35. The van der Waals surface area contributed by atoms with Crippen LogP contribution in [0.15, 0.2) is 12.1 Å². The first-order valence-corrected chi connectivity index (χ1v) is 8.00. The van der Waals surface area contributed by atoms with Gasteiger partial charge in [-0.05, 0) is 55.9 Å². The summed E-state index contributed by atoms with van der Waals surface area (Å²) < 4.78 is 10.6. The van der Waals surface area contributed by atoms with Gasteiger partial charge in [0.1, 0.15) is 0 Å². The number of amides is 1. The molecule has 1 rings (SSSR count). The summed E-state index contributed by atoms with van der Waals surface area (Å²) in [6.07, 6.45) is 1.25. The summed E-state index contributed by atoms with van der Waals surface area (Å²) in [7, 11) is 3.21. The van der Waals surface area contributed by atoms with Crippen LogP contribution in [0.4, 0.5) is 0 Å². The fourth-order valence-electron chi connectivity index (χ4n) is 3.18. The second kappa shape index (κ2) is 7.24. The van der Waals surface area contributed by atoms with Crippen LogP contribution in [0.3, 0.4) is 0 Å². The van der Waals surface area contributed by atoms with Crippen molar-refractivity contribution in [2.24, 2.45) is 5.41 Å². The molecule has 1 N–H and O–H groups in total. The number of hydrogen-bond donors (Lipinski definition) is 1. The predicted molar refractivity (Wildman–Crippen MR) is 94.3 cm³/mol. The van der Waals surface area contributed by atoms with E-state index < -0.39 is 0 Å². The molecule has 1 aromatic carbocycles. The first-order valence-electron chi connectivity index (χ1n) is 8.00. The van der Waals surface area contributed by atoms with Crippen LogP contribution in [-0.2, 0) is 11.2 Å². The van der Waals surface area contributed by atoms with Gasteiger partial charge in [-0.2, -0.15) is 0 Å². The highest BCUT2D eigenvalue weighted by atomic mass is 16.5. The number of rotatable bonds is 6. The molecule has 0 heterocycles. The minimum Gasteiger partial charge on any atom is -0.493 e. The van der Waals surface area contributed by atoms with Gasteiger partial charge in [-0.1, -0.05) is 20.8 Å². The second-order valence-electron chi connectivity index (χ2n) is 7.98. The van der Waals surface area contributed by atoms with Crippen LogP contribution < -0.4 is 14.8 Å². The Kier molecular flexibility index (Phi) is 6.09. The van der Waals surface area contributed by atoms with Gasteiger partial charge < -0.3 is 14.8 Å². The number of aryl methyl sites for hydroxylation is 1. The van der Waals surface area contributed by atoms with Crippen molar-refractivity contribution >= 4 is 5.91 Å². The molecule has 0 aromatic heterocycles. The van der Waals surface area contributed by atoms with Crippen molar-refractivity contribution in [2.45, 2.75) is 59.9 Å². The fraction of sp³-hybridized carbons (Fsp3) is 0.632. The van der Waals surface area contributed by atoms with E-state index in [4.69, 9.17) is 9.47 Å². The van der Waals surface area contributed by atoms with Crippen molar-refractivity contribution < 1.29 is 14.3 Å². The maximum atomic E-state index is 12.4. The number of methoxy groups -OCH3 is 2. The SMILES string of the molecule is COc1cc(C)c(CC(=O)NC(C)(C)CC(C)(C)C)cc1OC. The highest BCUT2D eigenvalue weighted by Gasteiger charge is 2.27. The van der Waals surface area contributed by atoms with Gasteiger partial charge >= 0.3 is 0 Å². The molecule has 0 radical (unpaired) electrons. The third-order valence-electron chi connectivity index (χ3n) is 3.64. The van der Waals surface area contributed by atoms with E-state index in [0.717, 1.165) is 17.5 Å². The summed E-state index contributed by atoms with van der Waals surface area (Å²) in [6.45, 7) is 12.7. The zero-order chi connectivity index (χ0) is 17.8. The van der Waals surface area contributed by atoms with Crippen LogP contribution in [0, 0.1) is 12.3 Å². The summed E-state index contributed by atoms with van der Waals surface area (Å²) >= 11 is 0. The minimum atomic E-state index is -0.236. The van der Waals surface area contributed by atoms with E-state index in [1.165, 1.54) is 0 Å². The summed E-state index contributed by atoms with van der Waals surface area (Å²) in [5, 5.41) is 3.14. The summed E-state index contributed by atoms with van der Waals surface area (Å²) in [6, 6.07) is 3.78. The number of carbonyl (C=O) groups is 1. The lowest BCUT2D eigenvalue weighted by molar-refractivity contribution is -0.122. The van der Waals surface area contributed by atoms with Crippen molar-refractivity contribution in [3.8, 4) is 11.5 Å². The van der Waals surface area contributed by atoms with Crippen LogP contribution in [-0.4, -0.2) is 25.7 Å². The predicted octanol–water partition coefficient (Wildman–Crippen LogP) is 3.89. The molecule has 23 heavy (non-hydrogen) atoms. The Balaban J connectivity index is 2.85. The first kappa shape index (κ1) is 19.3. The van der Waals surface area contributed by atoms with Gasteiger partial charge in [0.05, 0.1) is 20.6 Å². The average molecular weight is 321 g/mol. The molecule has 0 aliphatic carbocycles. The van der Waals surface area contributed by atoms with Crippen molar-refractivity contribution in [1.29, 1.82) is 0 Å². The van der Waals surface area contributed by atoms with E-state index >= 15 is 0 Å². The quantitative estimate of drug-likeness (QED) is 0.865. The largest absolute Gasteiger partial charge is 0.493 e. The van der Waals surface area contributed by atoms with E-state index in [9.17, 15) is 4.79 Å². The van der Waals surface area contributed by atoms with Gasteiger partial charge in [-0.15, -0.1) is 0 Å². The van der Waals surface area contributed by atoms with Crippen LogP contribution in [0.25, 0.3) is 0 Å². The van der Waals surface area contributed by atoms with Gasteiger partial charge in [-0.3, -0.25) is 4.79 Å². The smallest absolute Gasteiger partial charge is 0.224 e. The lowest BCUT2D eigenvalue weighted by Crippen LogP contribution is -2.46. The molecule has 0 spiro atoms. The molecular weight excluding hydrogens is 290 g/mol. The standard InChI is InChI=1S/C19H31NO3/c1-13-9-15(22-7)16(23-8)10-14(13)11-17(21)20-19(5,6)12-18(2,3)4/h9-10H,11-12H2,1-8H3,(H,20,21). The molecule has 4 nitrogen and oxygen atoms in total. The molecule has 4 heteroatoms. The zero-order valence-corrected chi connectivity index (χ0v) is 15.8. The van der Waals surface area contributed by atoms with Crippen molar-refractivity contribution in [2.75, 3.05) is 14.2 Å². The lowest BCUT2D eigenvalue weighted by atomic mass is 9.81. The van der Waals surface area contributed by atoms with Crippen molar-refractivity contribution in [1.82, 2.24) is 5.32 Å². The number of carbonyl (C=O) groups excluding carboxylic acids is 1. The van der Waals surface area contributed by atoms with Gasteiger partial charge in [0.15, 0.2) is 11.5 Å².